The molecule has 3 aromatic rings. The van der Waals surface area contributed by atoms with E-state index in [4.69, 9.17) is 15.1 Å². The molecule has 1 aliphatic heterocycles. The molecule has 0 aliphatic carbocycles. The number of ether oxygens (including phenoxy) is 1. The second-order valence-corrected chi connectivity index (χ2v) is 9.88. The highest BCUT2D eigenvalue weighted by molar-refractivity contribution is 7.89. The second kappa shape index (κ2) is 9.67. The van der Waals surface area contributed by atoms with Crippen molar-refractivity contribution in [2.45, 2.75) is 37.6 Å². The van der Waals surface area contributed by atoms with E-state index in [9.17, 15) is 8.42 Å². The molecule has 0 amide bonds. The molecule has 2 aromatic carbocycles. The lowest BCUT2D eigenvalue weighted by Gasteiger charge is -2.34. The molecule has 1 saturated heterocycles. The Kier molecular flexibility index (Phi) is 6.68. The predicted molar refractivity (Wildman–Crippen MR) is 129 cm³/mol. The second-order valence-electron chi connectivity index (χ2n) is 8.32. The quantitative estimate of drug-likeness (QED) is 0.550. The normalized spacial score (nSPS) is 14.5. The van der Waals surface area contributed by atoms with Gasteiger partial charge in [0, 0.05) is 37.1 Å². The van der Waals surface area contributed by atoms with Crippen LogP contribution in [0.2, 0.25) is 0 Å². The number of primary sulfonamides is 1. The summed E-state index contributed by atoms with van der Waals surface area (Å²) in [6, 6.07) is 14.3. The first-order valence-electron chi connectivity index (χ1n) is 10.9. The van der Waals surface area contributed by atoms with Crippen molar-refractivity contribution >= 4 is 21.7 Å². The lowest BCUT2D eigenvalue weighted by Crippen LogP contribution is -2.39. The zero-order valence-corrected chi connectivity index (χ0v) is 19.8. The van der Waals surface area contributed by atoms with Crippen molar-refractivity contribution in [1.29, 1.82) is 5.26 Å². The summed E-state index contributed by atoms with van der Waals surface area (Å²) < 4.78 is 28.9. The van der Waals surface area contributed by atoms with Gasteiger partial charge in [0.15, 0.2) is 0 Å². The third-order valence-corrected chi connectivity index (χ3v) is 6.71. The molecule has 34 heavy (non-hydrogen) atoms. The number of sulfonamides is 1. The average Bonchev–Trinajstić information content (AvgIpc) is 2.81. The van der Waals surface area contributed by atoms with Gasteiger partial charge in [-0.25, -0.2) is 18.5 Å². The van der Waals surface area contributed by atoms with E-state index < -0.39 is 10.0 Å². The van der Waals surface area contributed by atoms with Gasteiger partial charge in [0.1, 0.15) is 5.75 Å². The zero-order chi connectivity index (χ0) is 24.3. The molecule has 4 rings (SSSR count). The molecule has 176 valence electrons. The number of benzene rings is 2. The van der Waals surface area contributed by atoms with Gasteiger partial charge in [-0.1, -0.05) is 0 Å². The van der Waals surface area contributed by atoms with Crippen LogP contribution >= 0.6 is 0 Å². The van der Waals surface area contributed by atoms with E-state index in [1.165, 1.54) is 12.1 Å². The van der Waals surface area contributed by atoms with Crippen LogP contribution in [-0.2, 0) is 10.0 Å². The molecular weight excluding hydrogens is 452 g/mol. The number of piperidine rings is 1. The van der Waals surface area contributed by atoms with Crippen LogP contribution in [0.3, 0.4) is 0 Å². The maximum atomic E-state index is 11.4. The zero-order valence-electron chi connectivity index (χ0n) is 19.0. The van der Waals surface area contributed by atoms with Crippen LogP contribution in [0.15, 0.2) is 53.6 Å². The van der Waals surface area contributed by atoms with Gasteiger partial charge in [-0.2, -0.15) is 10.2 Å². The molecule has 0 bridgehead atoms. The van der Waals surface area contributed by atoms with Gasteiger partial charge in [0.25, 0.3) is 0 Å². The number of aromatic nitrogens is 2. The molecule has 0 atom stereocenters. The number of nitrogens with one attached hydrogen (secondary N) is 1. The van der Waals surface area contributed by atoms with Crippen molar-refractivity contribution in [3.8, 4) is 17.7 Å². The molecule has 1 fully saturated rings. The van der Waals surface area contributed by atoms with Crippen molar-refractivity contribution in [2.75, 3.05) is 23.3 Å². The number of nitrogens with zero attached hydrogens (tertiary/aromatic N) is 4. The van der Waals surface area contributed by atoms with E-state index in [0.29, 0.717) is 23.1 Å². The molecule has 0 spiro atoms. The van der Waals surface area contributed by atoms with Crippen molar-refractivity contribution in [1.82, 2.24) is 9.97 Å². The molecule has 0 radical (unpaired) electrons. The van der Waals surface area contributed by atoms with Gasteiger partial charge < -0.3 is 15.0 Å². The predicted octanol–water partition coefficient (Wildman–Crippen LogP) is 3.49. The molecule has 9 nitrogen and oxygen atoms in total. The highest BCUT2D eigenvalue weighted by Gasteiger charge is 2.21. The Balaban J connectivity index is 1.37. The Labute approximate surface area is 199 Å². The first kappa shape index (κ1) is 23.5. The molecule has 10 heteroatoms. The number of hydrogen-bond donors (Lipinski definition) is 2. The maximum absolute atomic E-state index is 11.4. The molecule has 1 aliphatic rings. The van der Waals surface area contributed by atoms with Gasteiger partial charge in [-0.3, -0.25) is 0 Å². The number of hydrogen-bond acceptors (Lipinski definition) is 8. The Hall–Kier alpha value is -3.68. The Morgan fingerprint density at radius 2 is 1.76 bits per heavy atom. The van der Waals surface area contributed by atoms with Crippen LogP contribution in [0, 0.1) is 25.2 Å². The minimum atomic E-state index is -3.69. The SMILES string of the molecule is Cc1cc(C#N)cc(C)c1Oc1ccnc(NC2CCN(c3ccc(S(N)(=O)=O)cc3)CC2)n1. The van der Waals surface area contributed by atoms with Gasteiger partial charge in [0.2, 0.25) is 21.9 Å². The third-order valence-electron chi connectivity index (χ3n) is 5.78. The van der Waals surface area contributed by atoms with Crippen molar-refractivity contribution in [3.05, 3.63) is 65.4 Å². The van der Waals surface area contributed by atoms with Gasteiger partial charge in [-0.15, -0.1) is 0 Å². The van der Waals surface area contributed by atoms with Crippen molar-refractivity contribution in [2.24, 2.45) is 5.14 Å². The summed E-state index contributed by atoms with van der Waals surface area (Å²) >= 11 is 0. The third kappa shape index (κ3) is 5.44. The topological polar surface area (TPSA) is 134 Å². The number of anilines is 2. The highest BCUT2D eigenvalue weighted by Crippen LogP contribution is 2.29. The van der Waals surface area contributed by atoms with Crippen LogP contribution in [0.4, 0.5) is 11.6 Å². The Bertz CT molecular complexity index is 1300. The summed E-state index contributed by atoms with van der Waals surface area (Å²) in [5, 5.41) is 17.7. The van der Waals surface area contributed by atoms with Crippen LogP contribution in [0.1, 0.15) is 29.5 Å². The fourth-order valence-corrected chi connectivity index (χ4v) is 4.58. The van der Waals surface area contributed by atoms with E-state index in [1.54, 1.807) is 36.5 Å². The summed E-state index contributed by atoms with van der Waals surface area (Å²) in [5.41, 5.74) is 3.30. The summed E-state index contributed by atoms with van der Waals surface area (Å²) in [7, 11) is -3.69. The summed E-state index contributed by atoms with van der Waals surface area (Å²) in [6.45, 7) is 5.43. The molecule has 0 unspecified atom stereocenters. The van der Waals surface area contributed by atoms with Crippen LogP contribution in [0.5, 0.6) is 11.6 Å². The fourth-order valence-electron chi connectivity index (χ4n) is 4.06. The molecule has 1 aromatic heterocycles. The minimum absolute atomic E-state index is 0.110. The monoisotopic (exact) mass is 478 g/mol. The fraction of sp³-hybridized carbons (Fsp3) is 0.292. The number of aryl methyl sites for hydroxylation is 2. The van der Waals surface area contributed by atoms with Crippen LogP contribution in [0.25, 0.3) is 0 Å². The molecule has 2 heterocycles. The number of nitrogens with two attached hydrogens (primary N) is 1. The van der Waals surface area contributed by atoms with E-state index in [2.05, 4.69) is 26.3 Å². The standard InChI is InChI=1S/C24H26N6O3S/c1-16-13-18(15-25)14-17(2)23(16)33-22-7-10-27-24(29-22)28-19-8-11-30(12-9-19)20-3-5-21(6-4-20)34(26,31)32/h3-7,10,13-14,19H,8-9,11-12H2,1-2H3,(H2,26,31,32)(H,27,28,29). The van der Waals surface area contributed by atoms with Crippen molar-refractivity contribution < 1.29 is 13.2 Å². The van der Waals surface area contributed by atoms with Crippen LogP contribution < -0.4 is 20.1 Å². The number of nitriles is 1. The summed E-state index contributed by atoms with van der Waals surface area (Å²) in [5.74, 6) is 1.61. The van der Waals surface area contributed by atoms with E-state index in [1.807, 2.05) is 13.8 Å². The first-order valence-corrected chi connectivity index (χ1v) is 12.4. The van der Waals surface area contributed by atoms with Crippen molar-refractivity contribution in [3.63, 3.8) is 0 Å². The Morgan fingerprint density at radius 1 is 1.12 bits per heavy atom. The molecular formula is C24H26N6O3S. The average molecular weight is 479 g/mol. The van der Waals surface area contributed by atoms with E-state index in [-0.39, 0.29) is 10.9 Å². The van der Waals surface area contributed by atoms with Gasteiger partial charge in [0.05, 0.1) is 16.5 Å². The van der Waals surface area contributed by atoms with E-state index >= 15 is 0 Å². The lowest BCUT2D eigenvalue weighted by atomic mass is 10.0. The first-order chi connectivity index (χ1) is 16.2. The summed E-state index contributed by atoms with van der Waals surface area (Å²) in [6.07, 6.45) is 3.40. The smallest absolute Gasteiger partial charge is 0.238 e. The number of rotatable bonds is 6. The molecule has 3 N–H and O–H groups in total. The highest BCUT2D eigenvalue weighted by atomic mass is 32.2. The minimum Gasteiger partial charge on any atom is -0.438 e. The van der Waals surface area contributed by atoms with E-state index in [0.717, 1.165) is 42.7 Å². The maximum Gasteiger partial charge on any atom is 0.238 e. The molecule has 0 saturated carbocycles. The summed E-state index contributed by atoms with van der Waals surface area (Å²) in [4.78, 5) is 11.2. The van der Waals surface area contributed by atoms with Gasteiger partial charge in [-0.05, 0) is 74.2 Å². The largest absolute Gasteiger partial charge is 0.438 e. The van der Waals surface area contributed by atoms with Crippen LogP contribution in [-0.4, -0.2) is 37.5 Å². The Morgan fingerprint density at radius 3 is 2.35 bits per heavy atom. The van der Waals surface area contributed by atoms with Gasteiger partial charge >= 0.3 is 0 Å². The lowest BCUT2D eigenvalue weighted by molar-refractivity contribution is 0.454.